The van der Waals surface area contributed by atoms with Crippen LogP contribution in [0.2, 0.25) is 0 Å². The van der Waals surface area contributed by atoms with Crippen LogP contribution in [0.15, 0.2) is 0 Å². The standard InChI is InChI=1S/C19H32N2O4/c1-18(2,3)25-17(24)21-10-9-13-11-15(19(13,21)12-22)16(23)20-14-7-5-4-6-8-14/h13-15,22H,4-12H2,1-3H3,(H,20,23)/t13-,15+,19-/m1/s1. The van der Waals surface area contributed by atoms with Gasteiger partial charge in [0.2, 0.25) is 5.91 Å². The van der Waals surface area contributed by atoms with Crippen molar-refractivity contribution in [1.82, 2.24) is 10.2 Å². The molecule has 6 nitrogen and oxygen atoms in total. The highest BCUT2D eigenvalue weighted by Gasteiger charge is 2.65. The van der Waals surface area contributed by atoms with E-state index in [4.69, 9.17) is 4.74 Å². The fourth-order valence-electron chi connectivity index (χ4n) is 4.87. The van der Waals surface area contributed by atoms with Crippen LogP contribution < -0.4 is 5.32 Å². The van der Waals surface area contributed by atoms with Gasteiger partial charge in [-0.3, -0.25) is 9.69 Å². The number of nitrogens with zero attached hydrogens (tertiary/aromatic N) is 1. The molecule has 0 aromatic carbocycles. The van der Waals surface area contributed by atoms with Crippen LogP contribution in [0.4, 0.5) is 4.79 Å². The van der Waals surface area contributed by atoms with Crippen LogP contribution in [-0.4, -0.2) is 52.3 Å². The maximum absolute atomic E-state index is 12.9. The molecule has 0 aromatic heterocycles. The third kappa shape index (κ3) is 3.37. The molecule has 0 bridgehead atoms. The Morgan fingerprint density at radius 3 is 2.48 bits per heavy atom. The Balaban J connectivity index is 1.71. The third-order valence-electron chi connectivity index (χ3n) is 6.17. The van der Waals surface area contributed by atoms with Gasteiger partial charge in [-0.25, -0.2) is 4.79 Å². The normalized spacial score (nSPS) is 32.7. The minimum Gasteiger partial charge on any atom is -0.444 e. The van der Waals surface area contributed by atoms with E-state index in [1.54, 1.807) is 4.90 Å². The molecule has 1 heterocycles. The molecule has 3 rings (SSSR count). The van der Waals surface area contributed by atoms with Gasteiger partial charge in [-0.05, 0) is 52.4 Å². The SMILES string of the molecule is CC(C)(C)OC(=O)N1CC[C@@H]2C[C@@H](C(=O)NC3CCCCC3)[C@@]21CO. The lowest BCUT2D eigenvalue weighted by Crippen LogP contribution is -2.69. The second-order valence-corrected chi connectivity index (χ2v) is 8.90. The summed E-state index contributed by atoms with van der Waals surface area (Å²) < 4.78 is 5.52. The first-order valence-electron chi connectivity index (χ1n) is 9.70. The number of hydrogen-bond donors (Lipinski definition) is 2. The van der Waals surface area contributed by atoms with Gasteiger partial charge < -0.3 is 15.2 Å². The lowest BCUT2D eigenvalue weighted by atomic mass is 9.58. The fourth-order valence-corrected chi connectivity index (χ4v) is 4.87. The Labute approximate surface area is 150 Å². The predicted molar refractivity (Wildman–Crippen MR) is 94.0 cm³/mol. The molecule has 0 unspecified atom stereocenters. The van der Waals surface area contributed by atoms with Gasteiger partial charge in [0.25, 0.3) is 0 Å². The average molecular weight is 352 g/mol. The Bertz CT molecular complexity index is 524. The van der Waals surface area contributed by atoms with Crippen molar-refractivity contribution in [3.8, 4) is 0 Å². The van der Waals surface area contributed by atoms with E-state index < -0.39 is 17.2 Å². The number of nitrogens with one attached hydrogen (secondary N) is 1. The number of likely N-dealkylation sites (tertiary alicyclic amines) is 1. The van der Waals surface area contributed by atoms with Crippen LogP contribution in [0.25, 0.3) is 0 Å². The lowest BCUT2D eigenvalue weighted by Gasteiger charge is -2.54. The number of aliphatic hydroxyl groups is 1. The molecule has 0 spiro atoms. The van der Waals surface area contributed by atoms with Crippen LogP contribution >= 0.6 is 0 Å². The van der Waals surface area contributed by atoms with E-state index in [9.17, 15) is 14.7 Å². The van der Waals surface area contributed by atoms with Crippen LogP contribution in [0.5, 0.6) is 0 Å². The molecule has 2 aliphatic carbocycles. The molecular weight excluding hydrogens is 320 g/mol. The summed E-state index contributed by atoms with van der Waals surface area (Å²) in [6.45, 7) is 5.86. The smallest absolute Gasteiger partial charge is 0.410 e. The van der Waals surface area contributed by atoms with Crippen LogP contribution in [0, 0.1) is 11.8 Å². The van der Waals surface area contributed by atoms with Gasteiger partial charge in [0, 0.05) is 12.6 Å². The molecule has 2 amide bonds. The van der Waals surface area contributed by atoms with Gasteiger partial charge in [-0.1, -0.05) is 19.3 Å². The van der Waals surface area contributed by atoms with Crippen molar-refractivity contribution in [3.63, 3.8) is 0 Å². The molecular formula is C19H32N2O4. The Morgan fingerprint density at radius 2 is 1.88 bits per heavy atom. The monoisotopic (exact) mass is 352 g/mol. The summed E-state index contributed by atoms with van der Waals surface area (Å²) in [5.74, 6) is -0.153. The molecule has 3 fully saturated rings. The first-order valence-corrected chi connectivity index (χ1v) is 9.70. The van der Waals surface area contributed by atoms with Gasteiger partial charge in [-0.2, -0.15) is 0 Å². The number of hydrogen-bond acceptors (Lipinski definition) is 4. The van der Waals surface area contributed by atoms with Crippen molar-refractivity contribution in [2.24, 2.45) is 11.8 Å². The van der Waals surface area contributed by atoms with Gasteiger partial charge in [0.1, 0.15) is 5.60 Å². The maximum Gasteiger partial charge on any atom is 0.410 e. The molecule has 2 N–H and O–H groups in total. The number of carbonyl (C=O) groups excluding carboxylic acids is 2. The predicted octanol–water partition coefficient (Wildman–Crippen LogP) is 2.44. The van der Waals surface area contributed by atoms with Gasteiger partial charge in [0.05, 0.1) is 18.1 Å². The molecule has 1 saturated heterocycles. The number of aliphatic hydroxyl groups excluding tert-OH is 1. The molecule has 0 aromatic rings. The summed E-state index contributed by atoms with van der Waals surface area (Å²) in [6, 6.07) is 0.243. The van der Waals surface area contributed by atoms with Gasteiger partial charge >= 0.3 is 6.09 Å². The van der Waals surface area contributed by atoms with Crippen LogP contribution in [-0.2, 0) is 9.53 Å². The Hall–Kier alpha value is -1.30. The van der Waals surface area contributed by atoms with Crippen molar-refractivity contribution >= 4 is 12.0 Å². The molecule has 3 aliphatic rings. The van der Waals surface area contributed by atoms with E-state index in [-0.39, 0.29) is 30.4 Å². The Morgan fingerprint density at radius 1 is 1.20 bits per heavy atom. The van der Waals surface area contributed by atoms with Crippen molar-refractivity contribution in [2.75, 3.05) is 13.2 Å². The summed E-state index contributed by atoms with van der Waals surface area (Å²) >= 11 is 0. The minimum atomic E-state index is -0.777. The van der Waals surface area contributed by atoms with E-state index in [2.05, 4.69) is 5.32 Å². The van der Waals surface area contributed by atoms with E-state index in [1.165, 1.54) is 6.42 Å². The highest BCUT2D eigenvalue weighted by molar-refractivity contribution is 5.83. The van der Waals surface area contributed by atoms with Gasteiger partial charge in [0.15, 0.2) is 0 Å². The number of carbonyl (C=O) groups is 2. The summed E-state index contributed by atoms with van der Waals surface area (Å²) in [5, 5.41) is 13.3. The maximum atomic E-state index is 12.9. The number of amides is 2. The molecule has 0 radical (unpaired) electrons. The van der Waals surface area contributed by atoms with Gasteiger partial charge in [-0.15, -0.1) is 0 Å². The summed E-state index contributed by atoms with van der Waals surface area (Å²) in [6.07, 6.45) is 6.78. The molecule has 2 saturated carbocycles. The first kappa shape index (κ1) is 18.5. The molecule has 1 aliphatic heterocycles. The summed E-state index contributed by atoms with van der Waals surface area (Å²) in [5.41, 5.74) is -1.36. The molecule has 25 heavy (non-hydrogen) atoms. The van der Waals surface area contributed by atoms with Crippen molar-refractivity contribution in [2.45, 2.75) is 82.9 Å². The minimum absolute atomic E-state index is 0.00680. The first-order chi connectivity index (χ1) is 11.8. The zero-order valence-electron chi connectivity index (χ0n) is 15.7. The molecule has 6 heteroatoms. The number of fused-ring (bicyclic) bond motifs is 1. The largest absolute Gasteiger partial charge is 0.444 e. The van der Waals surface area contributed by atoms with E-state index >= 15 is 0 Å². The van der Waals surface area contributed by atoms with Crippen LogP contribution in [0.1, 0.15) is 65.7 Å². The fraction of sp³-hybridized carbons (Fsp3) is 0.895. The summed E-state index contributed by atoms with van der Waals surface area (Å²) in [4.78, 5) is 27.1. The van der Waals surface area contributed by atoms with Crippen molar-refractivity contribution < 1.29 is 19.4 Å². The number of ether oxygens (including phenoxy) is 1. The van der Waals surface area contributed by atoms with E-state index in [0.717, 1.165) is 38.5 Å². The van der Waals surface area contributed by atoms with Crippen LogP contribution in [0.3, 0.4) is 0 Å². The highest BCUT2D eigenvalue weighted by atomic mass is 16.6. The highest BCUT2D eigenvalue weighted by Crippen LogP contribution is 2.54. The molecule has 3 atom stereocenters. The third-order valence-corrected chi connectivity index (χ3v) is 6.17. The Kier molecular flexibility index (Phi) is 5.02. The van der Waals surface area contributed by atoms with E-state index in [1.807, 2.05) is 20.8 Å². The van der Waals surface area contributed by atoms with Crippen molar-refractivity contribution in [1.29, 1.82) is 0 Å². The zero-order chi connectivity index (χ0) is 18.2. The molecule has 142 valence electrons. The second-order valence-electron chi connectivity index (χ2n) is 8.90. The lowest BCUT2D eigenvalue weighted by molar-refractivity contribution is -0.147. The topological polar surface area (TPSA) is 78.9 Å². The zero-order valence-corrected chi connectivity index (χ0v) is 15.7. The second kappa shape index (κ2) is 6.78. The van der Waals surface area contributed by atoms with E-state index in [0.29, 0.717) is 6.54 Å². The quantitative estimate of drug-likeness (QED) is 0.818. The average Bonchev–Trinajstić information content (AvgIpc) is 2.79. The summed E-state index contributed by atoms with van der Waals surface area (Å²) in [7, 11) is 0. The number of rotatable bonds is 3. The van der Waals surface area contributed by atoms with Crippen molar-refractivity contribution in [3.05, 3.63) is 0 Å².